The molecule has 0 radical (unpaired) electrons. The zero-order valence-corrected chi connectivity index (χ0v) is 18.4. The SMILES string of the molecule is Cc1nc(COc2ccc(C(=O)OCC(=O)c3ccc(N4CCCC4=O)cc3)cc2)cs1. The summed E-state index contributed by atoms with van der Waals surface area (Å²) in [5.74, 6) is -0.192. The van der Waals surface area contributed by atoms with Crippen LogP contribution in [0.25, 0.3) is 0 Å². The summed E-state index contributed by atoms with van der Waals surface area (Å²) in [4.78, 5) is 42.5. The van der Waals surface area contributed by atoms with Crippen LogP contribution in [0.2, 0.25) is 0 Å². The van der Waals surface area contributed by atoms with E-state index in [1.165, 1.54) is 0 Å². The number of aromatic nitrogens is 1. The van der Waals surface area contributed by atoms with Crippen molar-refractivity contribution in [1.29, 1.82) is 0 Å². The predicted molar refractivity (Wildman–Crippen MR) is 120 cm³/mol. The largest absolute Gasteiger partial charge is 0.487 e. The molecule has 1 saturated heterocycles. The maximum atomic E-state index is 12.4. The number of hydrogen-bond acceptors (Lipinski definition) is 7. The van der Waals surface area contributed by atoms with Gasteiger partial charge in [0.1, 0.15) is 12.4 Å². The summed E-state index contributed by atoms with van der Waals surface area (Å²) in [5.41, 5.74) is 2.38. The first-order valence-electron chi connectivity index (χ1n) is 10.2. The highest BCUT2D eigenvalue weighted by Gasteiger charge is 2.21. The highest BCUT2D eigenvalue weighted by atomic mass is 32.1. The number of esters is 1. The van der Waals surface area contributed by atoms with Crippen molar-refractivity contribution in [2.45, 2.75) is 26.4 Å². The van der Waals surface area contributed by atoms with Crippen LogP contribution in [0.5, 0.6) is 5.75 Å². The normalized spacial score (nSPS) is 13.3. The van der Waals surface area contributed by atoms with Crippen molar-refractivity contribution >= 4 is 34.7 Å². The van der Waals surface area contributed by atoms with Gasteiger partial charge in [-0.3, -0.25) is 9.59 Å². The van der Waals surface area contributed by atoms with Gasteiger partial charge in [-0.25, -0.2) is 9.78 Å². The van der Waals surface area contributed by atoms with Crippen LogP contribution in [0.1, 0.15) is 44.3 Å². The topological polar surface area (TPSA) is 85.8 Å². The highest BCUT2D eigenvalue weighted by molar-refractivity contribution is 7.09. The molecule has 1 amide bonds. The summed E-state index contributed by atoms with van der Waals surface area (Å²) in [6, 6.07) is 13.3. The minimum Gasteiger partial charge on any atom is -0.487 e. The molecular weight excluding hydrogens is 428 g/mol. The van der Waals surface area contributed by atoms with E-state index in [9.17, 15) is 14.4 Å². The molecule has 1 aliphatic rings. The van der Waals surface area contributed by atoms with Gasteiger partial charge in [0.25, 0.3) is 0 Å². The Morgan fingerprint density at radius 1 is 1.06 bits per heavy atom. The van der Waals surface area contributed by atoms with Crippen molar-refractivity contribution in [2.75, 3.05) is 18.1 Å². The predicted octanol–water partition coefficient (Wildman–Crippen LogP) is 4.20. The molecule has 2 heterocycles. The van der Waals surface area contributed by atoms with Crippen LogP contribution in [-0.4, -0.2) is 35.8 Å². The number of ether oxygens (including phenoxy) is 2. The van der Waals surface area contributed by atoms with Gasteiger partial charge < -0.3 is 14.4 Å². The van der Waals surface area contributed by atoms with Crippen molar-refractivity contribution in [3.8, 4) is 5.75 Å². The number of aryl methyl sites for hydroxylation is 1. The molecule has 0 unspecified atom stereocenters. The van der Waals surface area contributed by atoms with Crippen molar-refractivity contribution < 1.29 is 23.9 Å². The first-order valence-corrected chi connectivity index (χ1v) is 11.1. The van der Waals surface area contributed by atoms with Crippen LogP contribution in [0.4, 0.5) is 5.69 Å². The molecule has 0 N–H and O–H groups in total. The molecule has 0 saturated carbocycles. The Kier molecular flexibility index (Phi) is 6.61. The number of benzene rings is 2. The number of anilines is 1. The third-order valence-electron chi connectivity index (χ3n) is 5.05. The fraction of sp³-hybridized carbons (Fsp3) is 0.250. The number of amides is 1. The summed E-state index contributed by atoms with van der Waals surface area (Å²) in [7, 11) is 0. The Bertz CT molecular complexity index is 1120. The number of rotatable bonds is 8. The van der Waals surface area contributed by atoms with Crippen LogP contribution < -0.4 is 9.64 Å². The van der Waals surface area contributed by atoms with Gasteiger partial charge in [-0.05, 0) is 61.9 Å². The molecule has 4 rings (SSSR count). The third-order valence-corrected chi connectivity index (χ3v) is 5.87. The van der Waals surface area contributed by atoms with E-state index in [2.05, 4.69) is 4.98 Å². The lowest BCUT2D eigenvalue weighted by Gasteiger charge is -2.15. The molecular formula is C24H22N2O5S. The van der Waals surface area contributed by atoms with Crippen molar-refractivity contribution in [1.82, 2.24) is 4.98 Å². The number of carbonyl (C=O) groups is 3. The van der Waals surface area contributed by atoms with Crippen molar-refractivity contribution in [3.63, 3.8) is 0 Å². The van der Waals surface area contributed by atoms with Gasteiger partial charge in [0, 0.05) is 29.6 Å². The van der Waals surface area contributed by atoms with E-state index in [0.717, 1.165) is 22.8 Å². The second-order valence-corrected chi connectivity index (χ2v) is 8.43. The molecule has 0 bridgehead atoms. The molecule has 3 aromatic rings. The molecule has 1 aromatic heterocycles. The summed E-state index contributed by atoms with van der Waals surface area (Å²) >= 11 is 1.56. The zero-order chi connectivity index (χ0) is 22.5. The van der Waals surface area contributed by atoms with E-state index in [0.29, 0.717) is 36.4 Å². The summed E-state index contributed by atoms with van der Waals surface area (Å²) < 4.78 is 10.8. The van der Waals surface area contributed by atoms with E-state index < -0.39 is 5.97 Å². The van der Waals surface area contributed by atoms with Crippen LogP contribution in [0.3, 0.4) is 0 Å². The Morgan fingerprint density at radius 2 is 1.78 bits per heavy atom. The summed E-state index contributed by atoms with van der Waals surface area (Å²) in [6.07, 6.45) is 1.39. The van der Waals surface area contributed by atoms with Crippen LogP contribution in [0.15, 0.2) is 53.9 Å². The number of hydrogen-bond donors (Lipinski definition) is 0. The Labute approximate surface area is 189 Å². The lowest BCUT2D eigenvalue weighted by Crippen LogP contribution is -2.23. The van der Waals surface area contributed by atoms with Gasteiger partial charge >= 0.3 is 5.97 Å². The number of carbonyl (C=O) groups excluding carboxylic acids is 3. The van der Waals surface area contributed by atoms with Gasteiger partial charge in [-0.15, -0.1) is 11.3 Å². The molecule has 0 aliphatic carbocycles. The second kappa shape index (κ2) is 9.74. The molecule has 0 spiro atoms. The number of nitrogens with zero attached hydrogens (tertiary/aromatic N) is 2. The summed E-state index contributed by atoms with van der Waals surface area (Å²) in [6.45, 7) is 2.62. The Hall–Kier alpha value is -3.52. The van der Waals surface area contributed by atoms with E-state index in [-0.39, 0.29) is 18.3 Å². The molecule has 32 heavy (non-hydrogen) atoms. The average molecular weight is 451 g/mol. The van der Waals surface area contributed by atoms with E-state index in [1.807, 2.05) is 12.3 Å². The maximum absolute atomic E-state index is 12.4. The zero-order valence-electron chi connectivity index (χ0n) is 17.6. The van der Waals surface area contributed by atoms with Gasteiger partial charge in [-0.1, -0.05) is 0 Å². The first kappa shape index (κ1) is 21.7. The van der Waals surface area contributed by atoms with E-state index in [1.54, 1.807) is 64.8 Å². The second-order valence-electron chi connectivity index (χ2n) is 7.37. The fourth-order valence-electron chi connectivity index (χ4n) is 3.37. The minimum absolute atomic E-state index is 0.0904. The molecule has 164 valence electrons. The number of thiazole rings is 1. The van der Waals surface area contributed by atoms with E-state index >= 15 is 0 Å². The molecule has 8 heteroatoms. The first-order chi connectivity index (χ1) is 15.5. The lowest BCUT2D eigenvalue weighted by atomic mass is 10.1. The molecule has 0 atom stereocenters. The quantitative estimate of drug-likeness (QED) is 0.378. The monoisotopic (exact) mass is 450 g/mol. The Morgan fingerprint density at radius 3 is 2.41 bits per heavy atom. The molecule has 7 nitrogen and oxygen atoms in total. The molecule has 2 aromatic carbocycles. The van der Waals surface area contributed by atoms with E-state index in [4.69, 9.17) is 9.47 Å². The molecule has 1 aliphatic heterocycles. The minimum atomic E-state index is -0.584. The number of ketones is 1. The Balaban J connectivity index is 1.27. The van der Waals surface area contributed by atoms with Crippen molar-refractivity contribution in [3.05, 3.63) is 75.7 Å². The maximum Gasteiger partial charge on any atom is 0.338 e. The lowest BCUT2D eigenvalue weighted by molar-refractivity contribution is -0.117. The smallest absolute Gasteiger partial charge is 0.338 e. The van der Waals surface area contributed by atoms with Crippen LogP contribution >= 0.6 is 11.3 Å². The van der Waals surface area contributed by atoms with Crippen molar-refractivity contribution in [2.24, 2.45) is 0 Å². The molecule has 1 fully saturated rings. The third kappa shape index (κ3) is 5.20. The number of Topliss-reactive ketones (excluding diaryl/α,β-unsaturated/α-hetero) is 1. The van der Waals surface area contributed by atoms with Gasteiger partial charge in [0.15, 0.2) is 12.4 Å². The fourth-order valence-corrected chi connectivity index (χ4v) is 3.96. The van der Waals surface area contributed by atoms with Gasteiger partial charge in [-0.2, -0.15) is 0 Å². The standard InChI is InChI=1S/C24H22N2O5S/c1-16-25-19(15-32-16)13-30-21-10-6-18(7-11-21)24(29)31-14-22(27)17-4-8-20(9-5-17)26-12-2-3-23(26)28/h4-11,15H,2-3,12-14H2,1H3. The average Bonchev–Trinajstić information content (AvgIpc) is 3.44. The highest BCUT2D eigenvalue weighted by Crippen LogP contribution is 2.22. The van der Waals surface area contributed by atoms with Crippen LogP contribution in [0, 0.1) is 6.92 Å². The summed E-state index contributed by atoms with van der Waals surface area (Å²) in [5, 5.41) is 2.92. The van der Waals surface area contributed by atoms with Gasteiger partial charge in [0.05, 0.1) is 16.3 Å². The van der Waals surface area contributed by atoms with Gasteiger partial charge in [0.2, 0.25) is 5.91 Å². The van der Waals surface area contributed by atoms with Crippen LogP contribution in [-0.2, 0) is 16.1 Å².